The third-order valence-electron chi connectivity index (χ3n) is 5.26. The van der Waals surface area contributed by atoms with Crippen LogP contribution < -0.4 is 10.9 Å². The largest absolute Gasteiger partial charge is 0.353 e. The minimum atomic E-state index is -0.0303. The molecule has 0 bridgehead atoms. The van der Waals surface area contributed by atoms with Crippen molar-refractivity contribution in [3.63, 3.8) is 0 Å². The summed E-state index contributed by atoms with van der Waals surface area (Å²) in [7, 11) is 0. The maximum atomic E-state index is 12.6. The lowest BCUT2D eigenvalue weighted by molar-refractivity contribution is -0.126. The van der Waals surface area contributed by atoms with E-state index in [1.807, 2.05) is 6.92 Å². The highest BCUT2D eigenvalue weighted by Gasteiger charge is 2.26. The SMILES string of the molecule is Cc1nc2c(c(=O)[nH]1)CCC(C(=O)NC1CCCCCC1)CC2. The lowest BCUT2D eigenvalue weighted by Gasteiger charge is -2.20. The first-order chi connectivity index (χ1) is 11.1. The second kappa shape index (κ2) is 7.28. The number of rotatable bonds is 2. The van der Waals surface area contributed by atoms with Crippen molar-refractivity contribution in [1.82, 2.24) is 15.3 Å². The summed E-state index contributed by atoms with van der Waals surface area (Å²) >= 11 is 0. The van der Waals surface area contributed by atoms with E-state index in [-0.39, 0.29) is 17.4 Å². The van der Waals surface area contributed by atoms with Gasteiger partial charge in [0.25, 0.3) is 5.56 Å². The number of aryl methyl sites for hydroxylation is 2. The third-order valence-corrected chi connectivity index (χ3v) is 5.26. The van der Waals surface area contributed by atoms with Crippen molar-refractivity contribution in [3.05, 3.63) is 27.4 Å². The van der Waals surface area contributed by atoms with Crippen LogP contribution in [0.25, 0.3) is 0 Å². The van der Waals surface area contributed by atoms with Crippen LogP contribution in [0.3, 0.4) is 0 Å². The predicted molar refractivity (Wildman–Crippen MR) is 89.4 cm³/mol. The summed E-state index contributed by atoms with van der Waals surface area (Å²) in [5, 5.41) is 3.26. The summed E-state index contributed by atoms with van der Waals surface area (Å²) in [5.41, 5.74) is 1.63. The molecular formula is C18H27N3O2. The topological polar surface area (TPSA) is 74.8 Å². The molecule has 0 aliphatic heterocycles. The quantitative estimate of drug-likeness (QED) is 0.650. The average Bonchev–Trinajstić information content (AvgIpc) is 2.88. The first-order valence-electron chi connectivity index (χ1n) is 9.02. The Bertz CT molecular complexity index is 615. The number of amides is 1. The van der Waals surface area contributed by atoms with Crippen LogP contribution in [0.2, 0.25) is 0 Å². The lowest BCUT2D eigenvalue weighted by Crippen LogP contribution is -2.38. The number of hydrogen-bond acceptors (Lipinski definition) is 3. The van der Waals surface area contributed by atoms with Gasteiger partial charge < -0.3 is 10.3 Å². The summed E-state index contributed by atoms with van der Waals surface area (Å²) < 4.78 is 0. The summed E-state index contributed by atoms with van der Waals surface area (Å²) in [6.45, 7) is 1.81. The van der Waals surface area contributed by atoms with Gasteiger partial charge in [0.15, 0.2) is 0 Å². The molecule has 1 aromatic rings. The summed E-state index contributed by atoms with van der Waals surface area (Å²) in [4.78, 5) is 31.9. The number of H-pyrrole nitrogens is 1. The molecule has 0 spiro atoms. The first kappa shape index (κ1) is 16.2. The van der Waals surface area contributed by atoms with Crippen LogP contribution >= 0.6 is 0 Å². The Balaban J connectivity index is 1.63. The Morgan fingerprint density at radius 3 is 2.52 bits per heavy atom. The Morgan fingerprint density at radius 1 is 1.09 bits per heavy atom. The minimum absolute atomic E-state index is 0.00663. The predicted octanol–water partition coefficient (Wildman–Crippen LogP) is 2.41. The average molecular weight is 317 g/mol. The summed E-state index contributed by atoms with van der Waals surface area (Å²) in [6.07, 6.45) is 10.2. The molecule has 0 aromatic carbocycles. The van der Waals surface area contributed by atoms with E-state index in [0.29, 0.717) is 18.3 Å². The van der Waals surface area contributed by atoms with E-state index in [9.17, 15) is 9.59 Å². The van der Waals surface area contributed by atoms with Crippen molar-refractivity contribution < 1.29 is 4.79 Å². The Labute approximate surface area is 137 Å². The Hall–Kier alpha value is -1.65. The molecule has 126 valence electrons. The minimum Gasteiger partial charge on any atom is -0.353 e. The fraction of sp³-hybridized carbons (Fsp3) is 0.722. The molecule has 2 aliphatic carbocycles. The monoisotopic (exact) mass is 317 g/mol. The van der Waals surface area contributed by atoms with Crippen LogP contribution in [-0.2, 0) is 17.6 Å². The fourth-order valence-corrected chi connectivity index (χ4v) is 3.91. The van der Waals surface area contributed by atoms with Gasteiger partial charge in [-0.2, -0.15) is 0 Å². The van der Waals surface area contributed by atoms with E-state index in [1.54, 1.807) is 0 Å². The van der Waals surface area contributed by atoms with Crippen LogP contribution in [0.1, 0.15) is 68.4 Å². The molecule has 23 heavy (non-hydrogen) atoms. The van der Waals surface area contributed by atoms with Gasteiger partial charge in [-0.05, 0) is 45.4 Å². The number of hydrogen-bond donors (Lipinski definition) is 2. The van der Waals surface area contributed by atoms with E-state index >= 15 is 0 Å². The zero-order valence-corrected chi connectivity index (χ0v) is 14.0. The lowest BCUT2D eigenvalue weighted by atomic mass is 9.97. The van der Waals surface area contributed by atoms with Gasteiger partial charge in [0.2, 0.25) is 5.91 Å². The molecule has 1 atom stereocenters. The van der Waals surface area contributed by atoms with Gasteiger partial charge in [0.05, 0.1) is 5.69 Å². The number of fused-ring (bicyclic) bond motifs is 1. The molecule has 1 aromatic heterocycles. The van der Waals surface area contributed by atoms with Gasteiger partial charge in [0.1, 0.15) is 5.82 Å². The van der Waals surface area contributed by atoms with E-state index in [0.717, 1.165) is 43.4 Å². The molecule has 5 nitrogen and oxygen atoms in total. The molecule has 1 amide bonds. The number of aromatic nitrogens is 2. The van der Waals surface area contributed by atoms with Gasteiger partial charge in [-0.3, -0.25) is 9.59 Å². The molecule has 1 heterocycles. The molecule has 1 unspecified atom stereocenters. The summed E-state index contributed by atoms with van der Waals surface area (Å²) in [5.74, 6) is 0.847. The van der Waals surface area contributed by atoms with Crippen LogP contribution in [0.15, 0.2) is 4.79 Å². The molecular weight excluding hydrogens is 290 g/mol. The second-order valence-electron chi connectivity index (χ2n) is 7.05. The Morgan fingerprint density at radius 2 is 1.78 bits per heavy atom. The van der Waals surface area contributed by atoms with E-state index in [2.05, 4.69) is 15.3 Å². The molecule has 3 rings (SSSR count). The van der Waals surface area contributed by atoms with Gasteiger partial charge in [-0.1, -0.05) is 25.7 Å². The smallest absolute Gasteiger partial charge is 0.254 e. The third kappa shape index (κ3) is 4.01. The van der Waals surface area contributed by atoms with Gasteiger partial charge >= 0.3 is 0 Å². The van der Waals surface area contributed by atoms with Gasteiger partial charge in [-0.15, -0.1) is 0 Å². The van der Waals surface area contributed by atoms with E-state index in [1.165, 1.54) is 25.7 Å². The highest BCUT2D eigenvalue weighted by atomic mass is 16.2. The number of nitrogens with zero attached hydrogens (tertiary/aromatic N) is 1. The maximum absolute atomic E-state index is 12.6. The van der Waals surface area contributed by atoms with Crippen LogP contribution in [-0.4, -0.2) is 21.9 Å². The number of nitrogens with one attached hydrogen (secondary N) is 2. The molecule has 1 fully saturated rings. The summed E-state index contributed by atoms with van der Waals surface area (Å²) in [6, 6.07) is 0.347. The van der Waals surface area contributed by atoms with Crippen molar-refractivity contribution in [3.8, 4) is 0 Å². The van der Waals surface area contributed by atoms with Crippen LogP contribution in [0.4, 0.5) is 0 Å². The van der Waals surface area contributed by atoms with E-state index < -0.39 is 0 Å². The van der Waals surface area contributed by atoms with Crippen LogP contribution in [0.5, 0.6) is 0 Å². The normalized spacial score (nSPS) is 22.7. The highest BCUT2D eigenvalue weighted by Crippen LogP contribution is 2.23. The standard InChI is InChI=1S/C18H27N3O2/c1-12-19-16-11-9-13(8-10-15(16)18(23)20-12)17(22)21-14-6-4-2-3-5-7-14/h13-14H,2-11H2,1H3,(H,21,22)(H,19,20,23). The van der Waals surface area contributed by atoms with E-state index in [4.69, 9.17) is 0 Å². The van der Waals surface area contributed by atoms with Crippen molar-refractivity contribution in [2.45, 2.75) is 77.2 Å². The Kier molecular flexibility index (Phi) is 5.13. The molecule has 0 radical (unpaired) electrons. The number of carbonyl (C=O) groups is 1. The molecule has 2 N–H and O–H groups in total. The molecule has 5 heteroatoms. The maximum Gasteiger partial charge on any atom is 0.254 e. The second-order valence-corrected chi connectivity index (χ2v) is 7.05. The number of aromatic amines is 1. The van der Waals surface area contributed by atoms with Crippen molar-refractivity contribution in [2.24, 2.45) is 5.92 Å². The van der Waals surface area contributed by atoms with Crippen molar-refractivity contribution >= 4 is 5.91 Å². The molecule has 2 aliphatic rings. The van der Waals surface area contributed by atoms with Crippen molar-refractivity contribution in [1.29, 1.82) is 0 Å². The fourth-order valence-electron chi connectivity index (χ4n) is 3.91. The zero-order chi connectivity index (χ0) is 16.2. The van der Waals surface area contributed by atoms with Crippen molar-refractivity contribution in [2.75, 3.05) is 0 Å². The van der Waals surface area contributed by atoms with Gasteiger partial charge in [0, 0.05) is 17.5 Å². The van der Waals surface area contributed by atoms with Gasteiger partial charge in [-0.25, -0.2) is 4.98 Å². The van der Waals surface area contributed by atoms with Crippen LogP contribution in [0, 0.1) is 12.8 Å². The first-order valence-corrected chi connectivity index (χ1v) is 9.02. The number of carbonyl (C=O) groups excluding carboxylic acids is 1. The zero-order valence-electron chi connectivity index (χ0n) is 14.0. The molecule has 0 saturated heterocycles. The highest BCUT2D eigenvalue weighted by molar-refractivity contribution is 5.79. The molecule has 1 saturated carbocycles.